The quantitative estimate of drug-likeness (QED) is 0.796. The van der Waals surface area contributed by atoms with Crippen molar-refractivity contribution in [2.75, 3.05) is 26.2 Å². The van der Waals surface area contributed by atoms with Crippen LogP contribution in [0.1, 0.15) is 34.7 Å². The third-order valence-corrected chi connectivity index (χ3v) is 4.73. The Labute approximate surface area is 150 Å². The van der Waals surface area contributed by atoms with Crippen molar-refractivity contribution in [3.8, 4) is 0 Å². The fourth-order valence-corrected chi connectivity index (χ4v) is 3.35. The molecule has 0 atom stereocenters. The molecule has 0 radical (unpaired) electrons. The number of amides is 1. The van der Waals surface area contributed by atoms with Crippen molar-refractivity contribution >= 4 is 23.7 Å². The second kappa shape index (κ2) is 9.90. The minimum absolute atomic E-state index is 0.157. The summed E-state index contributed by atoms with van der Waals surface area (Å²) >= 11 is 1.51. The van der Waals surface area contributed by atoms with Crippen LogP contribution in [0.15, 0.2) is 17.5 Å². The van der Waals surface area contributed by atoms with Crippen LogP contribution in [0.4, 0.5) is 0 Å². The van der Waals surface area contributed by atoms with E-state index in [4.69, 9.17) is 9.90 Å². The number of aromatic nitrogens is 3. The van der Waals surface area contributed by atoms with E-state index >= 15 is 0 Å². The van der Waals surface area contributed by atoms with E-state index in [-0.39, 0.29) is 12.4 Å². The van der Waals surface area contributed by atoms with E-state index in [1.54, 1.807) is 0 Å². The monoisotopic (exact) mass is 365 g/mol. The van der Waals surface area contributed by atoms with Crippen LogP contribution in [-0.2, 0) is 17.8 Å². The molecule has 3 heterocycles. The topological polar surface area (TPSA) is 102 Å². The van der Waals surface area contributed by atoms with E-state index in [0.717, 1.165) is 62.1 Å². The van der Waals surface area contributed by atoms with Gasteiger partial charge in [-0.25, -0.2) is 4.98 Å². The second-order valence-corrected chi connectivity index (χ2v) is 6.50. The molecule has 1 fully saturated rings. The number of H-pyrrole nitrogens is 1. The van der Waals surface area contributed by atoms with Crippen molar-refractivity contribution in [1.82, 2.24) is 25.0 Å². The van der Waals surface area contributed by atoms with E-state index < -0.39 is 0 Å². The number of hydrogen-bond acceptors (Lipinski definition) is 6. The molecule has 0 bridgehead atoms. The number of carbonyl (C=O) groups excluding carboxylic acids is 1. The van der Waals surface area contributed by atoms with Crippen LogP contribution >= 0.6 is 11.3 Å². The molecule has 3 rings (SSSR count). The van der Waals surface area contributed by atoms with Crippen molar-refractivity contribution in [3.63, 3.8) is 0 Å². The number of carboxylic acid groups (broad SMARTS) is 1. The molecule has 2 aromatic heterocycles. The molecule has 25 heavy (non-hydrogen) atoms. The van der Waals surface area contributed by atoms with E-state index in [1.165, 1.54) is 11.3 Å². The molecule has 1 amide bonds. The molecule has 2 N–H and O–H groups in total. The molecule has 1 aliphatic heterocycles. The summed E-state index contributed by atoms with van der Waals surface area (Å²) in [4.78, 5) is 30.4. The third-order valence-electron chi connectivity index (χ3n) is 3.88. The lowest BCUT2D eigenvalue weighted by molar-refractivity contribution is -0.122. The van der Waals surface area contributed by atoms with Crippen LogP contribution in [0, 0.1) is 0 Å². The van der Waals surface area contributed by atoms with Crippen molar-refractivity contribution < 1.29 is 14.7 Å². The summed E-state index contributed by atoms with van der Waals surface area (Å²) in [5, 5.41) is 16.0. The number of rotatable bonds is 4. The SMILES string of the molecule is CCc1n[nH]c(CN2CCCN(C(=O)c3cccs3)CC2)n1.O=CO. The maximum absolute atomic E-state index is 12.4. The zero-order chi connectivity index (χ0) is 18.1. The van der Waals surface area contributed by atoms with Gasteiger partial charge in [-0.05, 0) is 17.9 Å². The predicted octanol–water partition coefficient (Wildman–Crippen LogP) is 1.48. The van der Waals surface area contributed by atoms with Crippen molar-refractivity contribution in [1.29, 1.82) is 0 Å². The zero-order valence-electron chi connectivity index (χ0n) is 14.2. The van der Waals surface area contributed by atoms with E-state index in [9.17, 15) is 4.79 Å². The smallest absolute Gasteiger partial charge is 0.290 e. The van der Waals surface area contributed by atoms with E-state index in [0.29, 0.717) is 0 Å². The van der Waals surface area contributed by atoms with Gasteiger partial charge in [-0.15, -0.1) is 11.3 Å². The lowest BCUT2D eigenvalue weighted by Gasteiger charge is -2.20. The fourth-order valence-electron chi connectivity index (χ4n) is 2.66. The molecule has 0 spiro atoms. The van der Waals surface area contributed by atoms with Crippen LogP contribution < -0.4 is 0 Å². The number of nitrogens with zero attached hydrogens (tertiary/aromatic N) is 4. The third kappa shape index (κ3) is 5.64. The predicted molar refractivity (Wildman–Crippen MR) is 94.6 cm³/mol. The van der Waals surface area contributed by atoms with Gasteiger partial charge in [-0.2, -0.15) is 5.10 Å². The van der Waals surface area contributed by atoms with Crippen LogP contribution in [0.3, 0.4) is 0 Å². The van der Waals surface area contributed by atoms with Gasteiger partial charge in [0.2, 0.25) is 0 Å². The van der Waals surface area contributed by atoms with Crippen LogP contribution in [0.25, 0.3) is 0 Å². The molecule has 0 saturated carbocycles. The molecule has 136 valence electrons. The highest BCUT2D eigenvalue weighted by molar-refractivity contribution is 7.12. The maximum Gasteiger partial charge on any atom is 0.290 e. The molecule has 1 aliphatic rings. The lowest BCUT2D eigenvalue weighted by atomic mass is 10.3. The number of thiophene rings is 1. The largest absolute Gasteiger partial charge is 0.483 e. The molecule has 2 aromatic rings. The van der Waals surface area contributed by atoms with E-state index in [2.05, 4.69) is 20.1 Å². The summed E-state index contributed by atoms with van der Waals surface area (Å²) in [6.07, 6.45) is 1.84. The molecule has 0 aromatic carbocycles. The van der Waals surface area contributed by atoms with Crippen LogP contribution in [-0.4, -0.2) is 68.6 Å². The average molecular weight is 365 g/mol. The van der Waals surface area contributed by atoms with Crippen molar-refractivity contribution in [2.45, 2.75) is 26.3 Å². The highest BCUT2D eigenvalue weighted by Gasteiger charge is 2.21. The first-order valence-electron chi connectivity index (χ1n) is 8.21. The average Bonchev–Trinajstić information content (AvgIpc) is 3.24. The maximum atomic E-state index is 12.4. The molecule has 0 aliphatic carbocycles. The highest BCUT2D eigenvalue weighted by Crippen LogP contribution is 2.14. The fraction of sp³-hybridized carbons (Fsp3) is 0.500. The van der Waals surface area contributed by atoms with Crippen molar-refractivity contribution in [2.24, 2.45) is 0 Å². The summed E-state index contributed by atoms with van der Waals surface area (Å²) in [6.45, 7) is 6.02. The number of aryl methyl sites for hydroxylation is 1. The van der Waals surface area contributed by atoms with Gasteiger partial charge >= 0.3 is 0 Å². The highest BCUT2D eigenvalue weighted by atomic mass is 32.1. The summed E-state index contributed by atoms with van der Waals surface area (Å²) in [7, 11) is 0. The van der Waals surface area contributed by atoms with Gasteiger partial charge < -0.3 is 10.0 Å². The Bertz CT molecular complexity index is 659. The Morgan fingerprint density at radius 2 is 2.20 bits per heavy atom. The first-order chi connectivity index (χ1) is 12.2. The zero-order valence-corrected chi connectivity index (χ0v) is 15.0. The molecule has 8 nitrogen and oxygen atoms in total. The number of nitrogens with one attached hydrogen (secondary N) is 1. The summed E-state index contributed by atoms with van der Waals surface area (Å²) in [5.41, 5.74) is 0. The van der Waals surface area contributed by atoms with Gasteiger partial charge in [0.1, 0.15) is 11.6 Å². The molecule has 0 unspecified atom stereocenters. The number of carbonyl (C=O) groups is 2. The molecule has 9 heteroatoms. The number of hydrogen-bond donors (Lipinski definition) is 2. The van der Waals surface area contributed by atoms with Gasteiger partial charge in [0.25, 0.3) is 12.4 Å². The van der Waals surface area contributed by atoms with Gasteiger partial charge in [0.05, 0.1) is 11.4 Å². The minimum atomic E-state index is -0.250. The molecular weight excluding hydrogens is 342 g/mol. The summed E-state index contributed by atoms with van der Waals surface area (Å²) < 4.78 is 0. The molecule has 1 saturated heterocycles. The Balaban J connectivity index is 0.000000701. The van der Waals surface area contributed by atoms with E-state index in [1.807, 2.05) is 29.3 Å². The second-order valence-electron chi connectivity index (χ2n) is 5.56. The molecular formula is C16H23N5O3S. The first-order valence-corrected chi connectivity index (χ1v) is 9.09. The Morgan fingerprint density at radius 3 is 2.84 bits per heavy atom. The minimum Gasteiger partial charge on any atom is -0.483 e. The first kappa shape index (κ1) is 19.1. The standard InChI is InChI=1S/C15H21N5OS.CH2O2/c1-2-13-16-14(18-17-13)11-19-6-4-7-20(9-8-19)15(21)12-5-3-10-22-12;2-1-3/h3,5,10H,2,4,6-9,11H2,1H3,(H,16,17,18);1H,(H,2,3). The summed E-state index contributed by atoms with van der Waals surface area (Å²) in [6, 6.07) is 3.83. The lowest BCUT2D eigenvalue weighted by Crippen LogP contribution is -2.34. The Kier molecular flexibility index (Phi) is 7.55. The van der Waals surface area contributed by atoms with Crippen LogP contribution in [0.2, 0.25) is 0 Å². The van der Waals surface area contributed by atoms with Gasteiger partial charge in [-0.3, -0.25) is 19.6 Å². The van der Waals surface area contributed by atoms with Crippen LogP contribution in [0.5, 0.6) is 0 Å². The van der Waals surface area contributed by atoms with Gasteiger partial charge in [0, 0.05) is 32.6 Å². The Hall–Kier alpha value is -2.26. The Morgan fingerprint density at radius 1 is 1.40 bits per heavy atom. The van der Waals surface area contributed by atoms with Crippen molar-refractivity contribution in [3.05, 3.63) is 34.0 Å². The summed E-state index contributed by atoms with van der Waals surface area (Å²) in [5.74, 6) is 1.93. The number of aromatic amines is 1. The van der Waals surface area contributed by atoms with Gasteiger partial charge in [-0.1, -0.05) is 13.0 Å². The van der Waals surface area contributed by atoms with Gasteiger partial charge in [0.15, 0.2) is 0 Å². The normalized spacial score (nSPS) is 15.2.